The zero-order valence-electron chi connectivity index (χ0n) is 11.1. The van der Waals surface area contributed by atoms with Crippen LogP contribution in [-0.4, -0.2) is 12.5 Å². The monoisotopic (exact) mass is 255 g/mol. The van der Waals surface area contributed by atoms with Crippen molar-refractivity contribution in [2.75, 3.05) is 11.9 Å². The molecular formula is C16H17NO2. The van der Waals surface area contributed by atoms with Crippen molar-refractivity contribution in [1.29, 1.82) is 0 Å². The van der Waals surface area contributed by atoms with Crippen molar-refractivity contribution in [3.05, 3.63) is 59.7 Å². The number of benzene rings is 2. The summed E-state index contributed by atoms with van der Waals surface area (Å²) in [5.74, 6) is 0.698. The predicted octanol–water partition coefficient (Wildman–Crippen LogP) is 3.65. The molecule has 0 aromatic heterocycles. The van der Waals surface area contributed by atoms with Crippen LogP contribution in [0.3, 0.4) is 0 Å². The Kier molecular flexibility index (Phi) is 4.18. The first-order valence-electron chi connectivity index (χ1n) is 6.30. The van der Waals surface area contributed by atoms with Crippen molar-refractivity contribution in [2.24, 2.45) is 0 Å². The highest BCUT2D eigenvalue weighted by molar-refractivity contribution is 6.04. The lowest BCUT2D eigenvalue weighted by Gasteiger charge is -2.07. The van der Waals surface area contributed by atoms with Gasteiger partial charge in [0.2, 0.25) is 0 Å². The Labute approximate surface area is 113 Å². The van der Waals surface area contributed by atoms with Crippen molar-refractivity contribution in [2.45, 2.75) is 13.8 Å². The van der Waals surface area contributed by atoms with Gasteiger partial charge in [-0.15, -0.1) is 0 Å². The first-order valence-corrected chi connectivity index (χ1v) is 6.30. The molecule has 0 heterocycles. The fourth-order valence-corrected chi connectivity index (χ4v) is 1.79. The third-order valence-electron chi connectivity index (χ3n) is 2.70. The molecule has 3 nitrogen and oxygen atoms in total. The summed E-state index contributed by atoms with van der Waals surface area (Å²) in [6.45, 7) is 4.54. The van der Waals surface area contributed by atoms with Gasteiger partial charge in [0, 0.05) is 11.3 Å². The molecule has 2 aromatic rings. The predicted molar refractivity (Wildman–Crippen MR) is 76.7 cm³/mol. The van der Waals surface area contributed by atoms with Crippen LogP contribution in [0.4, 0.5) is 5.69 Å². The molecule has 0 aliphatic carbocycles. The molecule has 0 spiro atoms. The molecule has 2 rings (SSSR count). The topological polar surface area (TPSA) is 38.3 Å². The van der Waals surface area contributed by atoms with Crippen LogP contribution in [0.15, 0.2) is 48.5 Å². The lowest BCUT2D eigenvalue weighted by atomic mass is 10.1. The van der Waals surface area contributed by atoms with Gasteiger partial charge in [-0.05, 0) is 50.2 Å². The Morgan fingerprint density at radius 2 is 1.89 bits per heavy atom. The summed E-state index contributed by atoms with van der Waals surface area (Å²) in [5, 5.41) is 2.86. The van der Waals surface area contributed by atoms with E-state index in [1.807, 2.05) is 56.3 Å². The summed E-state index contributed by atoms with van der Waals surface area (Å²) in [6, 6.07) is 14.9. The Morgan fingerprint density at radius 3 is 2.53 bits per heavy atom. The molecule has 0 saturated carbocycles. The Balaban J connectivity index is 2.06. The molecule has 1 N–H and O–H groups in total. The van der Waals surface area contributed by atoms with Gasteiger partial charge in [-0.1, -0.05) is 17.7 Å². The lowest BCUT2D eigenvalue weighted by Crippen LogP contribution is -2.11. The zero-order valence-corrected chi connectivity index (χ0v) is 11.1. The highest BCUT2D eigenvalue weighted by Crippen LogP contribution is 2.16. The summed E-state index contributed by atoms with van der Waals surface area (Å²) in [6.07, 6.45) is 0. The first-order chi connectivity index (χ1) is 9.19. The molecule has 0 saturated heterocycles. The van der Waals surface area contributed by atoms with Crippen LogP contribution < -0.4 is 10.1 Å². The Bertz CT molecular complexity index is 561. The van der Waals surface area contributed by atoms with E-state index in [1.165, 1.54) is 0 Å². The number of ether oxygens (including phenoxy) is 1. The van der Waals surface area contributed by atoms with Gasteiger partial charge in [0.25, 0.3) is 5.91 Å². The van der Waals surface area contributed by atoms with E-state index in [2.05, 4.69) is 5.32 Å². The van der Waals surface area contributed by atoms with E-state index >= 15 is 0 Å². The fraction of sp³-hybridized carbons (Fsp3) is 0.188. The highest BCUT2D eigenvalue weighted by Gasteiger charge is 2.05. The van der Waals surface area contributed by atoms with Gasteiger partial charge in [-0.3, -0.25) is 4.79 Å². The summed E-state index contributed by atoms with van der Waals surface area (Å²) in [7, 11) is 0. The number of rotatable bonds is 4. The van der Waals surface area contributed by atoms with Gasteiger partial charge in [-0.2, -0.15) is 0 Å². The number of anilines is 1. The maximum atomic E-state index is 12.0. The molecule has 0 unspecified atom stereocenters. The largest absolute Gasteiger partial charge is 0.494 e. The molecule has 3 heteroatoms. The van der Waals surface area contributed by atoms with Gasteiger partial charge in [-0.25, -0.2) is 0 Å². The molecular weight excluding hydrogens is 238 g/mol. The van der Waals surface area contributed by atoms with Crippen molar-refractivity contribution in [1.82, 2.24) is 0 Å². The number of carbonyl (C=O) groups excluding carboxylic acids is 1. The number of hydrogen-bond acceptors (Lipinski definition) is 2. The van der Waals surface area contributed by atoms with Crippen LogP contribution in [0.25, 0.3) is 0 Å². The average Bonchev–Trinajstić information content (AvgIpc) is 2.41. The van der Waals surface area contributed by atoms with Gasteiger partial charge in [0.15, 0.2) is 0 Å². The van der Waals surface area contributed by atoms with E-state index in [0.717, 1.165) is 17.0 Å². The maximum absolute atomic E-state index is 12.0. The van der Waals surface area contributed by atoms with E-state index < -0.39 is 0 Å². The van der Waals surface area contributed by atoms with E-state index in [1.54, 1.807) is 6.07 Å². The maximum Gasteiger partial charge on any atom is 0.255 e. The van der Waals surface area contributed by atoms with Gasteiger partial charge in [0.1, 0.15) is 5.75 Å². The zero-order chi connectivity index (χ0) is 13.7. The van der Waals surface area contributed by atoms with Crippen LogP contribution in [0.5, 0.6) is 5.75 Å². The van der Waals surface area contributed by atoms with Gasteiger partial charge in [0.05, 0.1) is 6.61 Å². The standard InChI is InChI=1S/C16H17NO2/c1-3-19-15-9-7-14(8-10-15)17-16(18)13-6-4-5-12(2)11-13/h4-11H,3H2,1-2H3,(H,17,18). The average molecular weight is 255 g/mol. The molecule has 1 amide bonds. The fourth-order valence-electron chi connectivity index (χ4n) is 1.79. The summed E-state index contributed by atoms with van der Waals surface area (Å²) in [5.41, 5.74) is 2.49. The molecule has 0 bridgehead atoms. The van der Waals surface area contributed by atoms with E-state index in [4.69, 9.17) is 4.74 Å². The lowest BCUT2D eigenvalue weighted by molar-refractivity contribution is 0.102. The summed E-state index contributed by atoms with van der Waals surface area (Å²) < 4.78 is 5.35. The summed E-state index contributed by atoms with van der Waals surface area (Å²) in [4.78, 5) is 12.0. The van der Waals surface area contributed by atoms with Crippen LogP contribution in [0.2, 0.25) is 0 Å². The van der Waals surface area contributed by atoms with Crippen LogP contribution in [-0.2, 0) is 0 Å². The second-order valence-corrected chi connectivity index (χ2v) is 4.28. The van der Waals surface area contributed by atoms with Crippen LogP contribution >= 0.6 is 0 Å². The molecule has 0 radical (unpaired) electrons. The van der Waals surface area contributed by atoms with Crippen molar-refractivity contribution in [3.63, 3.8) is 0 Å². The normalized spacial score (nSPS) is 10.0. The van der Waals surface area contributed by atoms with Gasteiger partial charge >= 0.3 is 0 Å². The molecule has 0 aliphatic heterocycles. The number of nitrogens with one attached hydrogen (secondary N) is 1. The van der Waals surface area contributed by atoms with E-state index in [0.29, 0.717) is 12.2 Å². The van der Waals surface area contributed by atoms with Crippen LogP contribution in [0, 0.1) is 6.92 Å². The number of aryl methyl sites for hydroxylation is 1. The molecule has 98 valence electrons. The molecule has 2 aromatic carbocycles. The molecule has 0 fully saturated rings. The Morgan fingerprint density at radius 1 is 1.16 bits per heavy atom. The first kappa shape index (κ1) is 13.1. The minimum absolute atomic E-state index is 0.104. The third-order valence-corrected chi connectivity index (χ3v) is 2.70. The molecule has 19 heavy (non-hydrogen) atoms. The molecule has 0 aliphatic rings. The minimum atomic E-state index is -0.104. The second kappa shape index (κ2) is 6.05. The van der Waals surface area contributed by atoms with Crippen molar-refractivity contribution >= 4 is 11.6 Å². The quantitative estimate of drug-likeness (QED) is 0.905. The van der Waals surface area contributed by atoms with E-state index in [9.17, 15) is 4.79 Å². The SMILES string of the molecule is CCOc1ccc(NC(=O)c2cccc(C)c2)cc1. The van der Waals surface area contributed by atoms with Crippen LogP contribution in [0.1, 0.15) is 22.8 Å². The second-order valence-electron chi connectivity index (χ2n) is 4.28. The van der Waals surface area contributed by atoms with Crippen molar-refractivity contribution in [3.8, 4) is 5.75 Å². The number of carbonyl (C=O) groups is 1. The van der Waals surface area contributed by atoms with Gasteiger partial charge < -0.3 is 10.1 Å². The van der Waals surface area contributed by atoms with E-state index in [-0.39, 0.29) is 5.91 Å². The third kappa shape index (κ3) is 3.58. The van der Waals surface area contributed by atoms with Crippen molar-refractivity contribution < 1.29 is 9.53 Å². The smallest absolute Gasteiger partial charge is 0.255 e. The Hall–Kier alpha value is -2.29. The minimum Gasteiger partial charge on any atom is -0.494 e. The molecule has 0 atom stereocenters. The number of hydrogen-bond donors (Lipinski definition) is 1. The summed E-state index contributed by atoms with van der Waals surface area (Å²) >= 11 is 0. The highest BCUT2D eigenvalue weighted by atomic mass is 16.5. The number of amides is 1.